The highest BCUT2D eigenvalue weighted by Gasteiger charge is 2.50. The van der Waals surface area contributed by atoms with Crippen LogP contribution in [0.1, 0.15) is 54.4 Å². The van der Waals surface area contributed by atoms with Gasteiger partial charge in [0.15, 0.2) is 17.7 Å². The van der Waals surface area contributed by atoms with Crippen molar-refractivity contribution in [1.82, 2.24) is 0 Å². The van der Waals surface area contributed by atoms with Gasteiger partial charge >= 0.3 is 0 Å². The fraction of sp³-hybridized carbons (Fsp3) is 0.381. The lowest BCUT2D eigenvalue weighted by atomic mass is 9.85. The maximum absolute atomic E-state index is 13.2. The summed E-state index contributed by atoms with van der Waals surface area (Å²) in [6.45, 7) is 4.25. The van der Waals surface area contributed by atoms with Crippen molar-refractivity contribution in [2.24, 2.45) is 0 Å². The van der Waals surface area contributed by atoms with Gasteiger partial charge in [-0.3, -0.25) is 9.69 Å². The molecule has 5 nitrogen and oxygen atoms in total. The number of anilines is 1. The summed E-state index contributed by atoms with van der Waals surface area (Å²) in [6.07, 6.45) is 1.22. The first-order chi connectivity index (χ1) is 12.6. The number of para-hydroxylation sites is 1. The van der Waals surface area contributed by atoms with E-state index in [9.17, 15) is 4.79 Å². The summed E-state index contributed by atoms with van der Waals surface area (Å²) in [5.74, 6) is 1.08. The van der Waals surface area contributed by atoms with Gasteiger partial charge < -0.3 is 14.2 Å². The van der Waals surface area contributed by atoms with Crippen molar-refractivity contribution in [3.8, 4) is 11.5 Å². The Morgan fingerprint density at radius 3 is 2.38 bits per heavy atom. The number of fused-ring (bicyclic) bond motifs is 5. The second-order valence-corrected chi connectivity index (χ2v) is 6.66. The van der Waals surface area contributed by atoms with Crippen LogP contribution in [-0.4, -0.2) is 20.1 Å². The third-order valence-electron chi connectivity index (χ3n) is 5.64. The Bertz CT molecular complexity index is 872. The molecular weight excluding hydrogens is 330 g/mol. The highest BCUT2D eigenvalue weighted by atomic mass is 16.5. The maximum atomic E-state index is 13.2. The second kappa shape index (κ2) is 6.02. The molecule has 0 fully saturated rings. The van der Waals surface area contributed by atoms with Crippen LogP contribution >= 0.6 is 0 Å². The van der Waals surface area contributed by atoms with Gasteiger partial charge in [0.2, 0.25) is 0 Å². The van der Waals surface area contributed by atoms with E-state index in [1.165, 1.54) is 0 Å². The maximum Gasteiger partial charge on any atom is 0.261 e. The molecule has 26 heavy (non-hydrogen) atoms. The minimum Gasteiger partial charge on any atom is -0.493 e. The van der Waals surface area contributed by atoms with Crippen LogP contribution in [-0.2, 0) is 10.3 Å². The zero-order valence-electron chi connectivity index (χ0n) is 15.5. The van der Waals surface area contributed by atoms with Crippen molar-refractivity contribution in [2.45, 2.75) is 38.5 Å². The van der Waals surface area contributed by atoms with Crippen molar-refractivity contribution in [1.29, 1.82) is 0 Å². The first-order valence-corrected chi connectivity index (χ1v) is 8.97. The van der Waals surface area contributed by atoms with E-state index in [-0.39, 0.29) is 5.91 Å². The van der Waals surface area contributed by atoms with Gasteiger partial charge in [0.25, 0.3) is 5.91 Å². The quantitative estimate of drug-likeness (QED) is 0.817. The first-order valence-electron chi connectivity index (χ1n) is 8.97. The second-order valence-electron chi connectivity index (χ2n) is 6.66. The van der Waals surface area contributed by atoms with Crippen molar-refractivity contribution in [3.63, 3.8) is 0 Å². The van der Waals surface area contributed by atoms with Crippen LogP contribution in [0.15, 0.2) is 36.4 Å². The lowest BCUT2D eigenvalue weighted by molar-refractivity contribution is -0.111. The third-order valence-corrected chi connectivity index (χ3v) is 5.64. The Hall–Kier alpha value is -2.53. The van der Waals surface area contributed by atoms with E-state index in [1.54, 1.807) is 25.2 Å². The van der Waals surface area contributed by atoms with Crippen molar-refractivity contribution >= 4 is 11.6 Å². The summed E-state index contributed by atoms with van der Waals surface area (Å²) in [6, 6.07) is 11.7. The molecule has 0 aromatic heterocycles. The third kappa shape index (κ3) is 2.10. The van der Waals surface area contributed by atoms with E-state index in [1.807, 2.05) is 24.3 Å². The summed E-state index contributed by atoms with van der Waals surface area (Å²) in [5, 5.41) is 0. The average Bonchev–Trinajstić information content (AvgIpc) is 2.97. The summed E-state index contributed by atoms with van der Waals surface area (Å²) in [4.78, 5) is 15.0. The molecule has 136 valence electrons. The normalized spacial score (nSPS) is 19.6. The molecule has 0 saturated heterocycles. The van der Waals surface area contributed by atoms with Crippen LogP contribution < -0.4 is 14.4 Å². The number of nitrogens with zero attached hydrogens (tertiary/aromatic N) is 1. The Morgan fingerprint density at radius 2 is 1.73 bits per heavy atom. The minimum absolute atomic E-state index is 0.0702. The minimum atomic E-state index is -0.452. The lowest BCUT2D eigenvalue weighted by Gasteiger charge is -2.45. The number of carbonyl (C=O) groups is 1. The number of rotatable bonds is 4. The standard InChI is InChI=1S/C21H23NO4/c1-5-21(6-2)15-9-7-8-10-16(15)22-19(23)13-11-17(24-3)18(25-4)12-14(13)20(22)26-21/h7-12,20H,5-6H2,1-4H3/t20-/m1/s1. The van der Waals surface area contributed by atoms with E-state index in [4.69, 9.17) is 14.2 Å². The van der Waals surface area contributed by atoms with Crippen LogP contribution in [0.3, 0.4) is 0 Å². The molecule has 0 radical (unpaired) electrons. The van der Waals surface area contributed by atoms with Gasteiger partial charge in [-0.15, -0.1) is 0 Å². The number of methoxy groups -OCH3 is 2. The summed E-state index contributed by atoms with van der Waals surface area (Å²) >= 11 is 0. The molecule has 2 aliphatic heterocycles. The smallest absolute Gasteiger partial charge is 0.261 e. The summed E-state index contributed by atoms with van der Waals surface area (Å²) in [7, 11) is 3.17. The average molecular weight is 353 g/mol. The topological polar surface area (TPSA) is 48.0 Å². The van der Waals surface area contributed by atoms with E-state index in [0.29, 0.717) is 17.1 Å². The predicted octanol–water partition coefficient (Wildman–Crippen LogP) is 4.41. The molecule has 0 aliphatic carbocycles. The lowest BCUT2D eigenvalue weighted by Crippen LogP contribution is -2.43. The monoisotopic (exact) mass is 353 g/mol. The number of ether oxygens (including phenoxy) is 3. The number of hydrogen-bond acceptors (Lipinski definition) is 4. The molecule has 0 N–H and O–H groups in total. The highest BCUT2D eigenvalue weighted by Crippen LogP contribution is 2.53. The molecule has 5 heteroatoms. The number of carbonyl (C=O) groups excluding carboxylic acids is 1. The molecule has 2 aliphatic rings. The Kier molecular flexibility index (Phi) is 3.92. The number of benzene rings is 2. The van der Waals surface area contributed by atoms with Crippen LogP contribution in [0.4, 0.5) is 5.69 Å². The SMILES string of the molecule is CCC1(CC)O[C@@H]2c3cc(OC)c(OC)cc3C(=O)N2c2ccccc21. The van der Waals surface area contributed by atoms with Crippen LogP contribution in [0.25, 0.3) is 0 Å². The van der Waals surface area contributed by atoms with Crippen molar-refractivity contribution < 1.29 is 19.0 Å². The fourth-order valence-electron chi connectivity index (χ4n) is 4.16. The number of amides is 1. The van der Waals surface area contributed by atoms with Crippen LogP contribution in [0.2, 0.25) is 0 Å². The molecule has 2 aromatic rings. The van der Waals surface area contributed by atoms with Gasteiger partial charge in [-0.1, -0.05) is 32.0 Å². The van der Waals surface area contributed by atoms with E-state index in [0.717, 1.165) is 29.7 Å². The van der Waals surface area contributed by atoms with Gasteiger partial charge in [0.1, 0.15) is 0 Å². The molecule has 1 atom stereocenters. The molecule has 0 unspecified atom stereocenters. The Morgan fingerprint density at radius 1 is 1.08 bits per heavy atom. The molecule has 1 amide bonds. The van der Waals surface area contributed by atoms with Gasteiger partial charge in [0, 0.05) is 11.1 Å². The van der Waals surface area contributed by atoms with Crippen molar-refractivity contribution in [2.75, 3.05) is 19.1 Å². The Labute approximate surface area is 153 Å². The summed E-state index contributed by atoms with van der Waals surface area (Å²) < 4.78 is 17.4. The van der Waals surface area contributed by atoms with Gasteiger partial charge in [-0.05, 0) is 31.0 Å². The van der Waals surface area contributed by atoms with E-state index in [2.05, 4.69) is 19.9 Å². The first kappa shape index (κ1) is 16.9. The zero-order chi connectivity index (χ0) is 18.5. The molecular formula is C21H23NO4. The summed E-state index contributed by atoms with van der Waals surface area (Å²) in [5.41, 5.74) is 3.01. The Balaban J connectivity index is 1.94. The number of hydrogen-bond donors (Lipinski definition) is 0. The van der Waals surface area contributed by atoms with Crippen molar-refractivity contribution in [3.05, 3.63) is 53.1 Å². The van der Waals surface area contributed by atoms with Crippen LogP contribution in [0.5, 0.6) is 11.5 Å². The van der Waals surface area contributed by atoms with E-state index < -0.39 is 11.8 Å². The molecule has 4 rings (SSSR count). The largest absolute Gasteiger partial charge is 0.493 e. The molecule has 0 spiro atoms. The van der Waals surface area contributed by atoms with Gasteiger partial charge in [0.05, 0.1) is 31.1 Å². The van der Waals surface area contributed by atoms with Gasteiger partial charge in [-0.25, -0.2) is 0 Å². The van der Waals surface area contributed by atoms with Crippen LogP contribution in [0, 0.1) is 0 Å². The fourth-order valence-corrected chi connectivity index (χ4v) is 4.16. The van der Waals surface area contributed by atoms with E-state index >= 15 is 0 Å². The molecule has 0 bridgehead atoms. The zero-order valence-corrected chi connectivity index (χ0v) is 15.5. The molecule has 2 heterocycles. The van der Waals surface area contributed by atoms with Gasteiger partial charge in [-0.2, -0.15) is 0 Å². The highest BCUT2D eigenvalue weighted by molar-refractivity contribution is 6.12. The predicted molar refractivity (Wildman–Crippen MR) is 98.9 cm³/mol. The molecule has 0 saturated carbocycles. The molecule has 2 aromatic carbocycles.